The van der Waals surface area contributed by atoms with Gasteiger partial charge in [-0.2, -0.15) is 0 Å². The lowest BCUT2D eigenvalue weighted by Gasteiger charge is -2.34. The third-order valence-electron chi connectivity index (χ3n) is 4.64. The molecule has 0 saturated carbocycles. The van der Waals surface area contributed by atoms with Crippen LogP contribution >= 0.6 is 0 Å². The highest BCUT2D eigenvalue weighted by atomic mass is 15.1. The van der Waals surface area contributed by atoms with E-state index in [4.69, 9.17) is 0 Å². The molecule has 100 valence electrons. The van der Waals surface area contributed by atoms with Crippen LogP contribution in [0.1, 0.15) is 55.7 Å². The van der Waals surface area contributed by atoms with Gasteiger partial charge in [-0.25, -0.2) is 0 Å². The van der Waals surface area contributed by atoms with Crippen LogP contribution in [0.15, 0.2) is 18.2 Å². The van der Waals surface area contributed by atoms with Crippen molar-refractivity contribution in [1.29, 1.82) is 0 Å². The fourth-order valence-corrected chi connectivity index (χ4v) is 3.72. The van der Waals surface area contributed by atoms with E-state index in [1.54, 1.807) is 11.1 Å². The molecule has 0 aromatic heterocycles. The second-order valence-corrected chi connectivity index (χ2v) is 5.74. The molecule has 1 aromatic carbocycles. The Labute approximate surface area is 112 Å². The summed E-state index contributed by atoms with van der Waals surface area (Å²) in [5, 5.41) is 0. The van der Waals surface area contributed by atoms with Crippen LogP contribution in [-0.2, 0) is 0 Å². The highest BCUT2D eigenvalue weighted by molar-refractivity contribution is 5.42. The second kappa shape index (κ2) is 5.44. The predicted octanol–water partition coefficient (Wildman–Crippen LogP) is 4.17. The van der Waals surface area contributed by atoms with Crippen molar-refractivity contribution in [2.24, 2.45) is 5.92 Å². The zero-order valence-electron chi connectivity index (χ0n) is 12.5. The molecule has 0 spiro atoms. The number of aryl methyl sites for hydroxylation is 1. The number of piperidine rings is 1. The number of hydrogen-bond acceptors (Lipinski definition) is 1. The summed E-state index contributed by atoms with van der Waals surface area (Å²) in [5.41, 5.74) is 4.68. The minimum atomic E-state index is 0.772. The lowest BCUT2D eigenvalue weighted by molar-refractivity contribution is 0.187. The maximum absolute atomic E-state index is 2.49. The first kappa shape index (κ1) is 13.6. The number of hydrogen-bond donors (Lipinski definition) is 0. The molecule has 1 heteroatoms. The molecule has 3 rings (SSSR count). The lowest BCUT2D eigenvalue weighted by atomic mass is 9.82. The molecule has 3 unspecified atom stereocenters. The summed E-state index contributed by atoms with van der Waals surface area (Å²) in [6, 6.07) is 7.07. The van der Waals surface area contributed by atoms with Crippen molar-refractivity contribution >= 4 is 0 Å². The summed E-state index contributed by atoms with van der Waals surface area (Å²) in [4.78, 5) is 2.49. The number of likely N-dealkylation sites (N-methyl/N-ethyl adjacent to an activating group) is 1. The Hall–Kier alpha value is -0.820. The molecule has 1 fully saturated rings. The van der Waals surface area contributed by atoms with E-state index in [1.165, 1.54) is 25.1 Å². The average molecular weight is 245 g/mol. The van der Waals surface area contributed by atoms with Crippen LogP contribution in [0.3, 0.4) is 0 Å². The lowest BCUT2D eigenvalue weighted by Crippen LogP contribution is -2.35. The van der Waals surface area contributed by atoms with Crippen molar-refractivity contribution in [1.82, 2.24) is 4.90 Å². The van der Waals surface area contributed by atoms with Crippen LogP contribution in [0, 0.1) is 12.8 Å². The first-order valence-corrected chi connectivity index (χ1v) is 7.46. The molecule has 2 aliphatic rings. The zero-order chi connectivity index (χ0) is 13.3. The van der Waals surface area contributed by atoms with E-state index < -0.39 is 0 Å². The molecule has 1 aromatic rings. The molecule has 1 aliphatic carbocycles. The predicted molar refractivity (Wildman–Crippen MR) is 79.3 cm³/mol. The molecule has 0 radical (unpaired) electrons. The number of benzene rings is 1. The van der Waals surface area contributed by atoms with Crippen LogP contribution in [0.5, 0.6) is 0 Å². The summed E-state index contributed by atoms with van der Waals surface area (Å²) >= 11 is 0. The first-order chi connectivity index (χ1) is 8.66. The van der Waals surface area contributed by atoms with Gasteiger partial charge < -0.3 is 4.90 Å². The molecule has 1 aliphatic heterocycles. The van der Waals surface area contributed by atoms with Crippen molar-refractivity contribution in [3.63, 3.8) is 0 Å². The fraction of sp³-hybridized carbons (Fsp3) is 0.647. The maximum atomic E-state index is 2.49. The molecule has 3 atom stereocenters. The Bertz CT molecular complexity index is 410. The van der Waals surface area contributed by atoms with E-state index in [2.05, 4.69) is 44.0 Å². The van der Waals surface area contributed by atoms with Crippen molar-refractivity contribution in [2.45, 2.75) is 46.0 Å². The van der Waals surface area contributed by atoms with Gasteiger partial charge in [0.05, 0.1) is 0 Å². The van der Waals surface area contributed by atoms with E-state index in [1.807, 2.05) is 13.8 Å². The van der Waals surface area contributed by atoms with Gasteiger partial charge in [0.2, 0.25) is 0 Å². The van der Waals surface area contributed by atoms with Gasteiger partial charge in [-0.1, -0.05) is 44.5 Å². The van der Waals surface area contributed by atoms with E-state index in [9.17, 15) is 0 Å². The Morgan fingerprint density at radius 2 is 1.89 bits per heavy atom. The Balaban J connectivity index is 0.000000574. The first-order valence-electron chi connectivity index (χ1n) is 7.46. The zero-order valence-corrected chi connectivity index (χ0v) is 12.5. The third kappa shape index (κ3) is 2.21. The summed E-state index contributed by atoms with van der Waals surface area (Å²) in [6.07, 6.45) is 1.37. The molecular formula is C17H27N. The van der Waals surface area contributed by atoms with E-state index in [0.717, 1.165) is 17.8 Å². The number of likely N-dealkylation sites (tertiary alicyclic amines) is 1. The quantitative estimate of drug-likeness (QED) is 0.663. The van der Waals surface area contributed by atoms with Crippen molar-refractivity contribution < 1.29 is 0 Å². The van der Waals surface area contributed by atoms with Crippen LogP contribution in [0.2, 0.25) is 0 Å². The number of rotatable bonds is 0. The monoisotopic (exact) mass is 245 g/mol. The largest absolute Gasteiger partial charge is 0.306 e. The van der Waals surface area contributed by atoms with Gasteiger partial charge in [-0.05, 0) is 49.9 Å². The second-order valence-electron chi connectivity index (χ2n) is 5.74. The smallest absolute Gasteiger partial charge is 0.00502 e. The van der Waals surface area contributed by atoms with Gasteiger partial charge in [0.25, 0.3) is 0 Å². The summed E-state index contributed by atoms with van der Waals surface area (Å²) in [6.45, 7) is 11.2. The molecule has 1 saturated heterocycles. The van der Waals surface area contributed by atoms with Gasteiger partial charge in [0.1, 0.15) is 0 Å². The average Bonchev–Trinajstić information content (AvgIpc) is 2.65. The van der Waals surface area contributed by atoms with Crippen LogP contribution in [-0.4, -0.2) is 25.0 Å². The van der Waals surface area contributed by atoms with E-state index in [0.29, 0.717) is 0 Å². The number of fused-ring (bicyclic) bond motifs is 3. The molecule has 1 nitrogen and oxygen atoms in total. The Morgan fingerprint density at radius 3 is 2.61 bits per heavy atom. The van der Waals surface area contributed by atoms with E-state index in [-0.39, 0.29) is 0 Å². The normalized spacial score (nSPS) is 30.2. The fourth-order valence-electron chi connectivity index (χ4n) is 3.72. The highest BCUT2D eigenvalue weighted by Gasteiger charge is 2.40. The Kier molecular flexibility index (Phi) is 4.11. The summed E-state index contributed by atoms with van der Waals surface area (Å²) in [7, 11) is 2.26. The summed E-state index contributed by atoms with van der Waals surface area (Å²) in [5.74, 6) is 2.46. The Morgan fingerprint density at radius 1 is 1.17 bits per heavy atom. The molecule has 0 N–H and O–H groups in total. The minimum absolute atomic E-state index is 0.772. The van der Waals surface area contributed by atoms with Gasteiger partial charge >= 0.3 is 0 Å². The van der Waals surface area contributed by atoms with Crippen molar-refractivity contribution in [2.75, 3.05) is 20.1 Å². The maximum Gasteiger partial charge on any atom is 0.00502 e. The third-order valence-corrected chi connectivity index (χ3v) is 4.64. The van der Waals surface area contributed by atoms with Crippen LogP contribution in [0.25, 0.3) is 0 Å². The van der Waals surface area contributed by atoms with Crippen molar-refractivity contribution in [3.05, 3.63) is 34.9 Å². The van der Waals surface area contributed by atoms with Gasteiger partial charge in [0.15, 0.2) is 0 Å². The number of nitrogens with zero attached hydrogens (tertiary/aromatic N) is 1. The molecule has 0 bridgehead atoms. The SMILES string of the molecule is CC.Cc1ccc2c(c1)C1CN(C)CCC1C2C. The van der Waals surface area contributed by atoms with Crippen LogP contribution < -0.4 is 0 Å². The van der Waals surface area contributed by atoms with Gasteiger partial charge in [-0.15, -0.1) is 0 Å². The van der Waals surface area contributed by atoms with Gasteiger partial charge in [-0.3, -0.25) is 0 Å². The van der Waals surface area contributed by atoms with Crippen LogP contribution in [0.4, 0.5) is 0 Å². The molecule has 1 heterocycles. The molecule has 0 amide bonds. The standard InChI is InChI=1S/C15H21N.C2H6/c1-10-4-5-12-11(2)13-6-7-16(3)9-15(13)14(12)8-10;1-2/h4-5,8,11,13,15H,6-7,9H2,1-3H3;1-2H3. The minimum Gasteiger partial charge on any atom is -0.306 e. The van der Waals surface area contributed by atoms with E-state index >= 15 is 0 Å². The van der Waals surface area contributed by atoms with Crippen molar-refractivity contribution in [3.8, 4) is 0 Å². The topological polar surface area (TPSA) is 3.24 Å². The molecule has 18 heavy (non-hydrogen) atoms. The summed E-state index contributed by atoms with van der Waals surface area (Å²) < 4.78 is 0. The highest BCUT2D eigenvalue weighted by Crippen LogP contribution is 2.49. The molecular weight excluding hydrogens is 218 g/mol. The van der Waals surface area contributed by atoms with Gasteiger partial charge in [0, 0.05) is 12.5 Å².